The van der Waals surface area contributed by atoms with Gasteiger partial charge in [-0.25, -0.2) is 4.57 Å². The lowest BCUT2D eigenvalue weighted by Crippen LogP contribution is -2.47. The van der Waals surface area contributed by atoms with E-state index in [9.17, 15) is 19.0 Å². The van der Waals surface area contributed by atoms with Crippen molar-refractivity contribution < 1.29 is 37.3 Å². The third-order valence-electron chi connectivity index (χ3n) is 17.6. The van der Waals surface area contributed by atoms with Gasteiger partial charge in [-0.3, -0.25) is 18.6 Å². The van der Waals surface area contributed by atoms with E-state index in [-0.39, 0.29) is 25.1 Å². The number of likely N-dealkylation sites (N-methyl/N-ethyl adjacent to an activating group) is 1. The van der Waals surface area contributed by atoms with Crippen LogP contribution < -0.4 is 5.32 Å². The highest BCUT2D eigenvalue weighted by Gasteiger charge is 2.30. The zero-order chi connectivity index (χ0) is 67.0. The SMILES string of the molecule is CCCCC/C=C\C/C=C\C/C=C\CCCCCCCCCCCCCCCCC(=O)NC(COP(=O)(O)OCC[N+](C)(C)C)C(/C=C/CCCCCCCCCCCC)OC(=O)CCCCCCCCCCCCCCCC/C=C\C/C=C\C/C=C\CCCCC. The van der Waals surface area contributed by atoms with Gasteiger partial charge in [-0.15, -0.1) is 0 Å². The Morgan fingerprint density at radius 3 is 1.01 bits per heavy atom. The number of allylic oxidation sites excluding steroid dienone is 13. The van der Waals surface area contributed by atoms with Crippen molar-refractivity contribution >= 4 is 19.7 Å². The molecule has 536 valence electrons. The smallest absolute Gasteiger partial charge is 0.456 e. The molecule has 0 bridgehead atoms. The summed E-state index contributed by atoms with van der Waals surface area (Å²) < 4.78 is 30.9. The van der Waals surface area contributed by atoms with Crippen LogP contribution in [0.5, 0.6) is 0 Å². The fraction of sp³-hybridized carbons (Fsp3) is 0.805. The van der Waals surface area contributed by atoms with Gasteiger partial charge in [0.25, 0.3) is 0 Å². The number of nitrogens with one attached hydrogen (secondary N) is 1. The molecule has 0 saturated carbocycles. The molecule has 0 aromatic heterocycles. The van der Waals surface area contributed by atoms with Crippen LogP contribution in [0.1, 0.15) is 374 Å². The molecule has 0 fully saturated rings. The Hall–Kier alpha value is -2.81. The first-order valence-electron chi connectivity index (χ1n) is 39.4. The lowest BCUT2D eigenvalue weighted by atomic mass is 10.0. The molecular formula is C82H152N2O7P+. The van der Waals surface area contributed by atoms with Crippen LogP contribution in [0.4, 0.5) is 0 Å². The van der Waals surface area contributed by atoms with Crippen molar-refractivity contribution in [2.45, 2.75) is 386 Å². The Labute approximate surface area is 571 Å². The zero-order valence-corrected chi connectivity index (χ0v) is 62.4. The number of phosphoric ester groups is 1. The van der Waals surface area contributed by atoms with Crippen LogP contribution in [0, 0.1) is 0 Å². The number of phosphoric acid groups is 1. The average Bonchev–Trinajstić information content (AvgIpc) is 3.69. The summed E-state index contributed by atoms with van der Waals surface area (Å²) in [6.07, 6.45) is 96.1. The molecule has 3 unspecified atom stereocenters. The molecule has 92 heavy (non-hydrogen) atoms. The number of hydrogen-bond donors (Lipinski definition) is 2. The van der Waals surface area contributed by atoms with Crippen LogP contribution in [0.25, 0.3) is 0 Å². The molecule has 1 amide bonds. The summed E-state index contributed by atoms with van der Waals surface area (Å²) >= 11 is 0. The lowest BCUT2D eigenvalue weighted by molar-refractivity contribution is -0.870. The number of amides is 1. The van der Waals surface area contributed by atoms with Gasteiger partial charge in [0.1, 0.15) is 19.3 Å². The van der Waals surface area contributed by atoms with Crippen molar-refractivity contribution in [2.24, 2.45) is 0 Å². The highest BCUT2D eigenvalue weighted by atomic mass is 31.2. The monoisotopic (exact) mass is 1310 g/mol. The van der Waals surface area contributed by atoms with Gasteiger partial charge in [-0.1, -0.05) is 337 Å². The van der Waals surface area contributed by atoms with E-state index in [1.807, 2.05) is 33.3 Å². The summed E-state index contributed by atoms with van der Waals surface area (Å²) in [6.45, 7) is 7.00. The third kappa shape index (κ3) is 71.5. The van der Waals surface area contributed by atoms with Gasteiger partial charge >= 0.3 is 13.8 Å². The lowest BCUT2D eigenvalue weighted by Gasteiger charge is -2.27. The van der Waals surface area contributed by atoms with E-state index in [1.165, 1.54) is 257 Å². The molecule has 2 N–H and O–H groups in total. The summed E-state index contributed by atoms with van der Waals surface area (Å²) in [5, 5.41) is 3.08. The van der Waals surface area contributed by atoms with Crippen LogP contribution in [-0.4, -0.2) is 74.3 Å². The standard InChI is InChI=1S/C82H151N2O7P/c1-7-10-13-16-19-22-25-28-30-32-34-36-38-40-42-44-46-48-50-52-54-56-59-62-65-68-71-74-81(85)83-79(78-90-92(87,88)89-77-76-84(4,5)6)80(73-70-67-64-61-58-27-24-21-18-15-12-9-3)91-82(86)75-72-69-66-63-60-57-55-53-51-49-47-45-43-41-39-37-35-33-31-29-26-23-20-17-14-11-8-2/h19-20,22-23,28-31,34-37,70,73,79-80H,7-18,21,24-27,32-33,38-69,71-72,74-78H2,1-6H3,(H-,83,85,87,88)/p+1/b22-19-,23-20-,30-28-,31-29-,36-34-,37-35-,73-70+. The van der Waals surface area contributed by atoms with Crippen LogP contribution in [0.15, 0.2) is 85.1 Å². The first-order valence-corrected chi connectivity index (χ1v) is 40.9. The normalized spacial score (nSPS) is 13.9. The van der Waals surface area contributed by atoms with Crippen molar-refractivity contribution in [3.8, 4) is 0 Å². The number of nitrogens with zero attached hydrogens (tertiary/aromatic N) is 1. The number of unbranched alkanes of at least 4 members (excludes halogenated alkanes) is 44. The molecule has 3 atom stereocenters. The maximum Gasteiger partial charge on any atom is 0.472 e. The molecule has 0 aromatic rings. The average molecular weight is 1310 g/mol. The highest BCUT2D eigenvalue weighted by Crippen LogP contribution is 2.43. The number of carbonyl (C=O) groups is 2. The fourth-order valence-corrected chi connectivity index (χ4v) is 12.2. The maximum atomic E-state index is 13.7. The molecule has 0 heterocycles. The predicted octanol–water partition coefficient (Wildman–Crippen LogP) is 25.6. The Morgan fingerprint density at radius 1 is 0.380 bits per heavy atom. The van der Waals surface area contributed by atoms with Gasteiger partial charge in [-0.2, -0.15) is 0 Å². The fourth-order valence-electron chi connectivity index (χ4n) is 11.5. The maximum absolute atomic E-state index is 13.7. The molecule has 0 saturated heterocycles. The molecule has 9 nitrogen and oxygen atoms in total. The van der Waals surface area contributed by atoms with E-state index >= 15 is 0 Å². The summed E-state index contributed by atoms with van der Waals surface area (Å²) in [7, 11) is 1.50. The molecule has 0 radical (unpaired) electrons. The topological polar surface area (TPSA) is 111 Å². The van der Waals surface area contributed by atoms with E-state index in [1.54, 1.807) is 0 Å². The summed E-state index contributed by atoms with van der Waals surface area (Å²) in [5.41, 5.74) is 0. The molecule has 0 aliphatic carbocycles. The quantitative estimate of drug-likeness (QED) is 0.0205. The van der Waals surface area contributed by atoms with E-state index < -0.39 is 20.0 Å². The van der Waals surface area contributed by atoms with Gasteiger partial charge in [-0.05, 0) is 109 Å². The summed E-state index contributed by atoms with van der Waals surface area (Å²) in [4.78, 5) is 38.0. The minimum Gasteiger partial charge on any atom is -0.456 e. The van der Waals surface area contributed by atoms with E-state index in [2.05, 4.69) is 99.0 Å². The number of ether oxygens (including phenoxy) is 1. The van der Waals surface area contributed by atoms with E-state index in [0.29, 0.717) is 23.9 Å². The molecular weight excluding hydrogens is 1160 g/mol. The third-order valence-corrected chi connectivity index (χ3v) is 18.5. The molecule has 10 heteroatoms. The van der Waals surface area contributed by atoms with Gasteiger partial charge in [0.2, 0.25) is 5.91 Å². The first-order chi connectivity index (χ1) is 44.9. The van der Waals surface area contributed by atoms with Crippen LogP contribution >= 0.6 is 7.82 Å². The van der Waals surface area contributed by atoms with Crippen LogP contribution in [0.2, 0.25) is 0 Å². The van der Waals surface area contributed by atoms with Crippen LogP contribution in [0.3, 0.4) is 0 Å². The Morgan fingerprint density at radius 2 is 0.663 bits per heavy atom. The second kappa shape index (κ2) is 71.0. The van der Waals surface area contributed by atoms with Crippen LogP contribution in [-0.2, 0) is 27.9 Å². The summed E-state index contributed by atoms with van der Waals surface area (Å²) in [6, 6.07) is -0.853. The molecule has 0 rings (SSSR count). The largest absolute Gasteiger partial charge is 0.472 e. The molecule has 0 aromatic carbocycles. The molecule has 0 aliphatic rings. The Kier molecular flexibility index (Phi) is 68.8. The van der Waals surface area contributed by atoms with Crippen molar-refractivity contribution in [3.63, 3.8) is 0 Å². The second-order valence-corrected chi connectivity index (χ2v) is 29.3. The Bertz CT molecular complexity index is 1850. The minimum absolute atomic E-state index is 0.0391. The van der Waals surface area contributed by atoms with Gasteiger partial charge in [0.15, 0.2) is 0 Å². The molecule has 0 aliphatic heterocycles. The second-order valence-electron chi connectivity index (χ2n) is 27.9. The highest BCUT2D eigenvalue weighted by molar-refractivity contribution is 7.47. The first kappa shape index (κ1) is 89.2. The number of esters is 1. The Balaban J connectivity index is 4.93. The van der Waals surface area contributed by atoms with Crippen molar-refractivity contribution in [3.05, 3.63) is 85.1 Å². The van der Waals surface area contributed by atoms with Gasteiger partial charge in [0, 0.05) is 12.8 Å². The zero-order valence-electron chi connectivity index (χ0n) is 61.5. The molecule has 0 spiro atoms. The summed E-state index contributed by atoms with van der Waals surface area (Å²) in [5.74, 6) is -0.494. The van der Waals surface area contributed by atoms with E-state index in [4.69, 9.17) is 13.8 Å². The predicted molar refractivity (Wildman–Crippen MR) is 401 cm³/mol. The van der Waals surface area contributed by atoms with Crippen molar-refractivity contribution in [2.75, 3.05) is 40.9 Å². The number of hydrogen-bond acceptors (Lipinski definition) is 6. The number of quaternary nitrogens is 1. The number of carbonyl (C=O) groups excluding carboxylic acids is 2. The van der Waals surface area contributed by atoms with Crippen molar-refractivity contribution in [1.29, 1.82) is 0 Å². The van der Waals surface area contributed by atoms with Crippen molar-refractivity contribution in [1.82, 2.24) is 5.32 Å². The van der Waals surface area contributed by atoms with E-state index in [0.717, 1.165) is 83.5 Å². The number of rotatable bonds is 72. The van der Waals surface area contributed by atoms with Gasteiger partial charge < -0.3 is 19.4 Å². The van der Waals surface area contributed by atoms with Gasteiger partial charge in [0.05, 0.1) is 33.8 Å². The minimum atomic E-state index is -4.46.